The van der Waals surface area contributed by atoms with Gasteiger partial charge in [-0.3, -0.25) is 14.5 Å². The van der Waals surface area contributed by atoms with Crippen molar-refractivity contribution in [2.45, 2.75) is 31.7 Å². The predicted octanol–water partition coefficient (Wildman–Crippen LogP) is 1.68. The highest BCUT2D eigenvalue weighted by Crippen LogP contribution is 2.43. The molecule has 1 aliphatic carbocycles. The molecular formula is C16H19NO3. The molecule has 2 aliphatic rings. The Hall–Kier alpha value is -1.68. The summed E-state index contributed by atoms with van der Waals surface area (Å²) in [7, 11) is 0. The van der Waals surface area contributed by atoms with Crippen molar-refractivity contribution in [3.63, 3.8) is 0 Å². The van der Waals surface area contributed by atoms with Crippen molar-refractivity contribution in [3.8, 4) is 0 Å². The van der Waals surface area contributed by atoms with Gasteiger partial charge in [-0.15, -0.1) is 0 Å². The molecule has 2 fully saturated rings. The fourth-order valence-corrected chi connectivity index (χ4v) is 3.48. The van der Waals surface area contributed by atoms with Gasteiger partial charge in [0, 0.05) is 11.8 Å². The second kappa shape index (κ2) is 4.70. The second-order valence-corrected chi connectivity index (χ2v) is 6.02. The Labute approximate surface area is 118 Å². The Morgan fingerprint density at radius 3 is 2.20 bits per heavy atom. The van der Waals surface area contributed by atoms with Gasteiger partial charge < -0.3 is 5.11 Å². The number of likely N-dealkylation sites (tertiary alicyclic amines) is 1. The van der Waals surface area contributed by atoms with Crippen LogP contribution in [0, 0.1) is 11.8 Å². The number of imide groups is 1. The Kier molecular flexibility index (Phi) is 3.13. The standard InChI is InChI=1S/C16H19NO3/c1-16(10-18,13-5-3-2-4-6-13)17-14(19)11-7-8-12(9-11)15(17)20/h2-6,11-12,18H,7-10H2,1H3. The lowest BCUT2D eigenvalue weighted by Crippen LogP contribution is -2.57. The zero-order valence-electron chi connectivity index (χ0n) is 11.6. The third kappa shape index (κ3) is 1.79. The van der Waals surface area contributed by atoms with E-state index in [0.29, 0.717) is 6.42 Å². The molecule has 0 radical (unpaired) electrons. The fraction of sp³-hybridized carbons (Fsp3) is 0.500. The number of benzene rings is 1. The van der Waals surface area contributed by atoms with Gasteiger partial charge in [-0.05, 0) is 31.7 Å². The van der Waals surface area contributed by atoms with Crippen LogP contribution in [0.1, 0.15) is 31.7 Å². The minimum absolute atomic E-state index is 0.0488. The molecule has 0 aromatic heterocycles. The molecule has 20 heavy (non-hydrogen) atoms. The van der Waals surface area contributed by atoms with E-state index in [1.54, 1.807) is 6.92 Å². The topological polar surface area (TPSA) is 57.6 Å². The van der Waals surface area contributed by atoms with Crippen LogP contribution < -0.4 is 0 Å². The van der Waals surface area contributed by atoms with Crippen LogP contribution in [0.4, 0.5) is 0 Å². The molecular weight excluding hydrogens is 254 g/mol. The third-order valence-electron chi connectivity index (χ3n) is 4.77. The molecule has 0 spiro atoms. The van der Waals surface area contributed by atoms with Gasteiger partial charge in [0.25, 0.3) is 0 Å². The van der Waals surface area contributed by atoms with E-state index in [9.17, 15) is 14.7 Å². The van der Waals surface area contributed by atoms with E-state index < -0.39 is 5.54 Å². The number of fused-ring (bicyclic) bond motifs is 2. The SMILES string of the molecule is CC(CO)(c1ccccc1)N1C(=O)C2CCC(C2)C1=O. The molecule has 2 bridgehead atoms. The summed E-state index contributed by atoms with van der Waals surface area (Å²) in [6.45, 7) is 1.51. The van der Waals surface area contributed by atoms with Gasteiger partial charge in [0.2, 0.25) is 11.8 Å². The molecule has 3 rings (SSSR count). The lowest BCUT2D eigenvalue weighted by Gasteiger charge is -2.43. The van der Waals surface area contributed by atoms with Crippen molar-refractivity contribution in [2.24, 2.45) is 11.8 Å². The molecule has 1 aliphatic heterocycles. The Morgan fingerprint density at radius 2 is 1.70 bits per heavy atom. The van der Waals surface area contributed by atoms with Crippen LogP contribution in [-0.2, 0) is 15.1 Å². The summed E-state index contributed by atoms with van der Waals surface area (Å²) in [5, 5.41) is 9.87. The first-order valence-electron chi connectivity index (χ1n) is 7.12. The highest BCUT2D eigenvalue weighted by atomic mass is 16.3. The van der Waals surface area contributed by atoms with Gasteiger partial charge in [-0.2, -0.15) is 0 Å². The van der Waals surface area contributed by atoms with E-state index in [0.717, 1.165) is 18.4 Å². The zero-order valence-corrected chi connectivity index (χ0v) is 11.6. The molecule has 2 amide bonds. The van der Waals surface area contributed by atoms with E-state index in [4.69, 9.17) is 0 Å². The molecule has 4 heteroatoms. The smallest absolute Gasteiger partial charge is 0.233 e. The number of piperidine rings is 1. The average molecular weight is 273 g/mol. The summed E-state index contributed by atoms with van der Waals surface area (Å²) < 4.78 is 0. The third-order valence-corrected chi connectivity index (χ3v) is 4.77. The van der Waals surface area contributed by atoms with Crippen LogP contribution in [-0.4, -0.2) is 28.4 Å². The van der Waals surface area contributed by atoms with E-state index in [1.165, 1.54) is 4.90 Å². The highest BCUT2D eigenvalue weighted by Gasteiger charge is 2.51. The summed E-state index contributed by atoms with van der Waals surface area (Å²) in [5.41, 5.74) is -0.165. The van der Waals surface area contributed by atoms with Crippen LogP contribution in [0.5, 0.6) is 0 Å². The molecule has 3 atom stereocenters. The second-order valence-electron chi connectivity index (χ2n) is 6.02. The number of nitrogens with zero attached hydrogens (tertiary/aromatic N) is 1. The molecule has 4 nitrogen and oxygen atoms in total. The summed E-state index contributed by atoms with van der Waals surface area (Å²) in [5.74, 6) is -0.340. The van der Waals surface area contributed by atoms with Crippen LogP contribution in [0.25, 0.3) is 0 Å². The number of aliphatic hydroxyl groups excluding tert-OH is 1. The summed E-state index contributed by atoms with van der Waals surface area (Å²) >= 11 is 0. The zero-order chi connectivity index (χ0) is 14.3. The van der Waals surface area contributed by atoms with Crippen molar-refractivity contribution in [1.29, 1.82) is 0 Å². The van der Waals surface area contributed by atoms with Crippen molar-refractivity contribution >= 4 is 11.8 Å². The number of aliphatic hydroxyl groups is 1. The maximum Gasteiger partial charge on any atom is 0.233 e. The van der Waals surface area contributed by atoms with Gasteiger partial charge in [0.05, 0.1) is 12.1 Å². The van der Waals surface area contributed by atoms with Crippen LogP contribution in [0.2, 0.25) is 0 Å². The molecule has 1 saturated heterocycles. The summed E-state index contributed by atoms with van der Waals surface area (Å²) in [6, 6.07) is 9.30. The number of carbonyl (C=O) groups is 2. The van der Waals surface area contributed by atoms with Gasteiger partial charge in [0.15, 0.2) is 0 Å². The highest BCUT2D eigenvalue weighted by molar-refractivity contribution is 6.01. The maximum atomic E-state index is 12.6. The lowest BCUT2D eigenvalue weighted by molar-refractivity contribution is -0.162. The van der Waals surface area contributed by atoms with Gasteiger partial charge in [-0.25, -0.2) is 0 Å². The minimum Gasteiger partial charge on any atom is -0.394 e. The lowest BCUT2D eigenvalue weighted by atomic mass is 9.85. The first-order valence-corrected chi connectivity index (χ1v) is 7.12. The summed E-state index contributed by atoms with van der Waals surface area (Å²) in [4.78, 5) is 26.5. The number of amides is 2. The van der Waals surface area contributed by atoms with Gasteiger partial charge in [0.1, 0.15) is 0 Å². The minimum atomic E-state index is -0.962. The van der Waals surface area contributed by atoms with Crippen molar-refractivity contribution in [2.75, 3.05) is 6.61 Å². The number of carbonyl (C=O) groups excluding carboxylic acids is 2. The monoisotopic (exact) mass is 273 g/mol. The van der Waals surface area contributed by atoms with E-state index in [2.05, 4.69) is 0 Å². The van der Waals surface area contributed by atoms with Crippen molar-refractivity contribution in [3.05, 3.63) is 35.9 Å². The van der Waals surface area contributed by atoms with E-state index in [1.807, 2.05) is 30.3 Å². The predicted molar refractivity (Wildman–Crippen MR) is 73.6 cm³/mol. The first-order chi connectivity index (χ1) is 9.58. The Morgan fingerprint density at radius 1 is 1.15 bits per heavy atom. The quantitative estimate of drug-likeness (QED) is 0.852. The summed E-state index contributed by atoms with van der Waals surface area (Å²) in [6.07, 6.45) is 2.27. The number of hydrogen-bond donors (Lipinski definition) is 1. The fourth-order valence-electron chi connectivity index (χ4n) is 3.48. The molecule has 3 unspecified atom stereocenters. The maximum absolute atomic E-state index is 12.6. The first kappa shape index (κ1) is 13.3. The molecule has 1 saturated carbocycles. The Bertz CT molecular complexity index is 520. The van der Waals surface area contributed by atoms with Gasteiger partial charge in [-0.1, -0.05) is 30.3 Å². The van der Waals surface area contributed by atoms with Crippen LogP contribution >= 0.6 is 0 Å². The van der Waals surface area contributed by atoms with Crippen LogP contribution in [0.15, 0.2) is 30.3 Å². The number of rotatable bonds is 3. The van der Waals surface area contributed by atoms with Crippen molar-refractivity contribution < 1.29 is 14.7 Å². The van der Waals surface area contributed by atoms with Crippen LogP contribution in [0.3, 0.4) is 0 Å². The van der Waals surface area contributed by atoms with Crippen molar-refractivity contribution in [1.82, 2.24) is 4.90 Å². The molecule has 1 N–H and O–H groups in total. The molecule has 1 aromatic rings. The largest absolute Gasteiger partial charge is 0.394 e. The number of hydrogen-bond acceptors (Lipinski definition) is 3. The van der Waals surface area contributed by atoms with Gasteiger partial charge >= 0.3 is 0 Å². The van der Waals surface area contributed by atoms with E-state index in [-0.39, 0.29) is 30.3 Å². The normalized spacial score (nSPS) is 28.6. The van der Waals surface area contributed by atoms with E-state index >= 15 is 0 Å². The average Bonchev–Trinajstić information content (AvgIpc) is 2.93. The molecule has 1 heterocycles. The molecule has 1 aromatic carbocycles. The Balaban J connectivity index is 2.04. The molecule has 106 valence electrons.